The van der Waals surface area contributed by atoms with Crippen LogP contribution in [0.3, 0.4) is 0 Å². The third-order valence-corrected chi connectivity index (χ3v) is 5.56. The SMILES string of the molecule is CNC(Cc1c(F)cccc1F)C1CC2CCC(C1)N2C. The summed E-state index contributed by atoms with van der Waals surface area (Å²) in [5.74, 6) is -0.347. The Labute approximate surface area is 125 Å². The summed E-state index contributed by atoms with van der Waals surface area (Å²) in [5.41, 5.74) is 0.225. The number of hydrogen-bond acceptors (Lipinski definition) is 2. The summed E-state index contributed by atoms with van der Waals surface area (Å²) < 4.78 is 27.7. The summed E-state index contributed by atoms with van der Waals surface area (Å²) in [6, 6.07) is 5.57. The van der Waals surface area contributed by atoms with E-state index in [1.807, 2.05) is 7.05 Å². The highest BCUT2D eigenvalue weighted by atomic mass is 19.1. The number of piperidine rings is 1. The molecular formula is C17H24F2N2. The number of hydrogen-bond donors (Lipinski definition) is 1. The second kappa shape index (κ2) is 6.01. The van der Waals surface area contributed by atoms with Crippen LogP contribution < -0.4 is 5.32 Å². The van der Waals surface area contributed by atoms with Crippen LogP contribution in [0.5, 0.6) is 0 Å². The fraction of sp³-hybridized carbons (Fsp3) is 0.647. The van der Waals surface area contributed by atoms with Gasteiger partial charge in [0.1, 0.15) is 11.6 Å². The van der Waals surface area contributed by atoms with Crippen LogP contribution in [0.4, 0.5) is 8.78 Å². The average molecular weight is 294 g/mol. The first kappa shape index (κ1) is 14.9. The number of nitrogens with one attached hydrogen (secondary N) is 1. The van der Waals surface area contributed by atoms with Gasteiger partial charge in [-0.2, -0.15) is 0 Å². The lowest BCUT2D eigenvalue weighted by molar-refractivity contribution is 0.113. The van der Waals surface area contributed by atoms with Crippen molar-refractivity contribution in [3.8, 4) is 0 Å². The molecule has 1 aromatic rings. The molecule has 3 atom stereocenters. The highest BCUT2D eigenvalue weighted by Gasteiger charge is 2.40. The van der Waals surface area contributed by atoms with E-state index in [2.05, 4.69) is 17.3 Å². The summed E-state index contributed by atoms with van der Waals surface area (Å²) in [7, 11) is 4.12. The monoisotopic (exact) mass is 294 g/mol. The third kappa shape index (κ3) is 2.84. The van der Waals surface area contributed by atoms with Crippen LogP contribution in [-0.2, 0) is 6.42 Å². The highest BCUT2D eigenvalue weighted by molar-refractivity contribution is 5.21. The van der Waals surface area contributed by atoms with Crippen molar-refractivity contribution in [3.05, 3.63) is 35.4 Å². The van der Waals surface area contributed by atoms with E-state index in [4.69, 9.17) is 0 Å². The molecule has 1 aromatic carbocycles. The van der Waals surface area contributed by atoms with E-state index in [1.54, 1.807) is 0 Å². The Hall–Kier alpha value is -1.00. The Bertz CT molecular complexity index is 471. The van der Waals surface area contributed by atoms with Gasteiger partial charge in [-0.15, -0.1) is 0 Å². The second-order valence-electron chi connectivity index (χ2n) is 6.58. The van der Waals surface area contributed by atoms with Crippen molar-refractivity contribution in [3.63, 3.8) is 0 Å². The Morgan fingerprint density at radius 1 is 1.19 bits per heavy atom. The number of nitrogens with zero attached hydrogens (tertiary/aromatic N) is 1. The summed E-state index contributed by atoms with van der Waals surface area (Å²) >= 11 is 0. The van der Waals surface area contributed by atoms with E-state index in [9.17, 15) is 8.78 Å². The smallest absolute Gasteiger partial charge is 0.129 e. The van der Waals surface area contributed by atoms with Crippen molar-refractivity contribution >= 4 is 0 Å². The van der Waals surface area contributed by atoms with E-state index in [0.29, 0.717) is 24.4 Å². The van der Waals surface area contributed by atoms with Gasteiger partial charge in [-0.1, -0.05) is 6.07 Å². The highest BCUT2D eigenvalue weighted by Crippen LogP contribution is 2.39. The van der Waals surface area contributed by atoms with Crippen LogP contribution in [0.2, 0.25) is 0 Å². The van der Waals surface area contributed by atoms with E-state index in [0.717, 1.165) is 12.8 Å². The van der Waals surface area contributed by atoms with Crippen molar-refractivity contribution in [1.29, 1.82) is 0 Å². The summed E-state index contributed by atoms with van der Waals surface area (Å²) in [6.45, 7) is 0. The standard InChI is InChI=1S/C17H24F2N2/c1-20-17(10-14-15(18)4-3-5-16(14)19)11-8-12-6-7-13(9-11)21(12)2/h3-5,11-13,17,20H,6-10H2,1-2H3. The zero-order chi connectivity index (χ0) is 15.0. The Morgan fingerprint density at radius 3 is 2.29 bits per heavy atom. The fourth-order valence-electron chi connectivity index (χ4n) is 4.23. The molecule has 116 valence electrons. The van der Waals surface area contributed by atoms with E-state index in [-0.39, 0.29) is 11.6 Å². The average Bonchev–Trinajstić information content (AvgIpc) is 2.69. The first-order valence-corrected chi connectivity index (χ1v) is 7.92. The largest absolute Gasteiger partial charge is 0.316 e. The summed E-state index contributed by atoms with van der Waals surface area (Å²) in [6.07, 6.45) is 5.23. The zero-order valence-corrected chi connectivity index (χ0v) is 12.8. The molecule has 21 heavy (non-hydrogen) atoms. The second-order valence-corrected chi connectivity index (χ2v) is 6.58. The Kier molecular flexibility index (Phi) is 4.27. The number of halogens is 2. The van der Waals surface area contributed by atoms with Crippen molar-refractivity contribution in [2.75, 3.05) is 14.1 Å². The van der Waals surface area contributed by atoms with Crippen molar-refractivity contribution in [1.82, 2.24) is 10.2 Å². The summed E-state index contributed by atoms with van der Waals surface area (Å²) in [5, 5.41) is 3.31. The van der Waals surface area contributed by atoms with E-state index >= 15 is 0 Å². The van der Waals surface area contributed by atoms with Gasteiger partial charge in [0, 0.05) is 23.7 Å². The minimum Gasteiger partial charge on any atom is -0.316 e. The molecule has 0 radical (unpaired) electrons. The molecular weight excluding hydrogens is 270 g/mol. The predicted molar refractivity (Wildman–Crippen MR) is 80.2 cm³/mol. The molecule has 0 aliphatic carbocycles. The maximum Gasteiger partial charge on any atom is 0.129 e. The van der Waals surface area contributed by atoms with Gasteiger partial charge in [-0.25, -0.2) is 8.78 Å². The number of rotatable bonds is 4. The maximum atomic E-state index is 13.9. The van der Waals surface area contributed by atoms with Gasteiger partial charge in [0.2, 0.25) is 0 Å². The third-order valence-electron chi connectivity index (χ3n) is 5.56. The van der Waals surface area contributed by atoms with Gasteiger partial charge in [0.05, 0.1) is 0 Å². The normalized spacial score (nSPS) is 30.6. The molecule has 4 heteroatoms. The maximum absolute atomic E-state index is 13.9. The van der Waals surface area contributed by atoms with Gasteiger partial charge in [-0.05, 0) is 64.3 Å². The van der Waals surface area contributed by atoms with Crippen molar-refractivity contribution in [2.45, 2.75) is 50.2 Å². The molecule has 2 bridgehead atoms. The van der Waals surface area contributed by atoms with Crippen LogP contribution in [0.1, 0.15) is 31.2 Å². The molecule has 1 N–H and O–H groups in total. The molecule has 2 nitrogen and oxygen atoms in total. The number of benzene rings is 1. The first-order valence-electron chi connectivity index (χ1n) is 7.92. The zero-order valence-electron chi connectivity index (χ0n) is 12.8. The molecule has 0 amide bonds. The van der Waals surface area contributed by atoms with Gasteiger partial charge in [0.25, 0.3) is 0 Å². The van der Waals surface area contributed by atoms with Crippen LogP contribution in [0.25, 0.3) is 0 Å². The van der Waals surface area contributed by atoms with Gasteiger partial charge < -0.3 is 10.2 Å². The molecule has 3 unspecified atom stereocenters. The number of likely N-dealkylation sites (N-methyl/N-ethyl adjacent to an activating group) is 1. The lowest BCUT2D eigenvalue weighted by Crippen LogP contribution is -2.47. The Morgan fingerprint density at radius 2 is 1.76 bits per heavy atom. The lowest BCUT2D eigenvalue weighted by atomic mass is 9.82. The molecule has 0 saturated carbocycles. The molecule has 2 fully saturated rings. The van der Waals surface area contributed by atoms with Crippen molar-refractivity contribution < 1.29 is 8.78 Å². The van der Waals surface area contributed by atoms with Crippen LogP contribution >= 0.6 is 0 Å². The lowest BCUT2D eigenvalue weighted by Gasteiger charge is -2.40. The predicted octanol–water partition coefficient (Wildman–Crippen LogP) is 2.97. The summed E-state index contributed by atoms with van der Waals surface area (Å²) in [4.78, 5) is 2.49. The molecule has 2 aliphatic heterocycles. The topological polar surface area (TPSA) is 15.3 Å². The van der Waals surface area contributed by atoms with Crippen molar-refractivity contribution in [2.24, 2.45) is 5.92 Å². The van der Waals surface area contributed by atoms with E-state index < -0.39 is 11.6 Å². The van der Waals surface area contributed by atoms with Gasteiger partial charge in [0.15, 0.2) is 0 Å². The molecule has 2 saturated heterocycles. The fourth-order valence-corrected chi connectivity index (χ4v) is 4.23. The molecule has 3 rings (SSSR count). The molecule has 2 heterocycles. The minimum absolute atomic E-state index is 0.146. The molecule has 0 aromatic heterocycles. The van der Waals surface area contributed by atoms with E-state index in [1.165, 1.54) is 31.0 Å². The Balaban J connectivity index is 1.74. The first-order chi connectivity index (χ1) is 10.1. The van der Waals surface area contributed by atoms with Crippen LogP contribution in [-0.4, -0.2) is 37.1 Å². The quantitative estimate of drug-likeness (QED) is 0.918. The van der Waals surface area contributed by atoms with Gasteiger partial charge in [-0.3, -0.25) is 0 Å². The van der Waals surface area contributed by atoms with Gasteiger partial charge >= 0.3 is 0 Å². The van der Waals surface area contributed by atoms with Crippen LogP contribution in [0, 0.1) is 17.6 Å². The molecule has 0 spiro atoms. The molecule has 2 aliphatic rings. The van der Waals surface area contributed by atoms with Crippen LogP contribution in [0.15, 0.2) is 18.2 Å². The minimum atomic E-state index is -0.425. The number of fused-ring (bicyclic) bond motifs is 2.